The largest absolute Gasteiger partial charge is 0.487 e. The van der Waals surface area contributed by atoms with Crippen molar-refractivity contribution in [3.63, 3.8) is 0 Å². The van der Waals surface area contributed by atoms with Crippen LogP contribution in [0.3, 0.4) is 0 Å². The van der Waals surface area contributed by atoms with Crippen LogP contribution in [-0.2, 0) is 11.3 Å². The molecule has 0 saturated carbocycles. The Hall–Kier alpha value is -2.62. The van der Waals surface area contributed by atoms with Crippen molar-refractivity contribution in [1.82, 2.24) is 0 Å². The lowest BCUT2D eigenvalue weighted by Gasteiger charge is -2.14. The quantitative estimate of drug-likeness (QED) is 0.572. The van der Waals surface area contributed by atoms with Crippen LogP contribution >= 0.6 is 0 Å². The van der Waals surface area contributed by atoms with Crippen molar-refractivity contribution in [3.8, 4) is 5.75 Å². The van der Waals surface area contributed by atoms with E-state index in [0.29, 0.717) is 17.7 Å². The SMILES string of the molecule is CCOC(=O)c1cccc(C(=O)CC)c1OCc1ccccc1. The molecule has 0 radical (unpaired) electrons. The number of carbonyl (C=O) groups is 2. The molecule has 23 heavy (non-hydrogen) atoms. The van der Waals surface area contributed by atoms with Gasteiger partial charge in [0.1, 0.15) is 17.9 Å². The summed E-state index contributed by atoms with van der Waals surface area (Å²) in [4.78, 5) is 24.3. The molecule has 0 bridgehead atoms. The van der Waals surface area contributed by atoms with E-state index in [0.717, 1.165) is 5.56 Å². The van der Waals surface area contributed by atoms with Crippen LogP contribution in [0.15, 0.2) is 48.5 Å². The van der Waals surface area contributed by atoms with Crippen LogP contribution in [0, 0.1) is 0 Å². The van der Waals surface area contributed by atoms with Gasteiger partial charge in [0.05, 0.1) is 12.2 Å². The Morgan fingerprint density at radius 3 is 2.26 bits per heavy atom. The van der Waals surface area contributed by atoms with Crippen molar-refractivity contribution in [3.05, 3.63) is 65.2 Å². The van der Waals surface area contributed by atoms with Gasteiger partial charge in [-0.15, -0.1) is 0 Å². The number of hydrogen-bond donors (Lipinski definition) is 0. The highest BCUT2D eigenvalue weighted by molar-refractivity contribution is 6.03. The number of carbonyl (C=O) groups excluding carboxylic acids is 2. The highest BCUT2D eigenvalue weighted by Gasteiger charge is 2.20. The third kappa shape index (κ3) is 4.19. The molecular formula is C19H20O4. The number of hydrogen-bond acceptors (Lipinski definition) is 4. The van der Waals surface area contributed by atoms with Crippen molar-refractivity contribution in [1.29, 1.82) is 0 Å². The van der Waals surface area contributed by atoms with E-state index in [4.69, 9.17) is 9.47 Å². The number of ether oxygens (including phenoxy) is 2. The topological polar surface area (TPSA) is 52.6 Å². The molecule has 0 aliphatic heterocycles. The maximum Gasteiger partial charge on any atom is 0.341 e. The third-order valence-electron chi connectivity index (χ3n) is 3.36. The molecule has 120 valence electrons. The van der Waals surface area contributed by atoms with E-state index in [1.54, 1.807) is 32.0 Å². The number of ketones is 1. The predicted molar refractivity (Wildman–Crippen MR) is 87.8 cm³/mol. The Morgan fingerprint density at radius 1 is 0.913 bits per heavy atom. The first-order chi connectivity index (χ1) is 11.2. The van der Waals surface area contributed by atoms with Gasteiger partial charge >= 0.3 is 5.97 Å². The van der Waals surface area contributed by atoms with Crippen LogP contribution in [0.1, 0.15) is 46.5 Å². The highest BCUT2D eigenvalue weighted by Crippen LogP contribution is 2.27. The fourth-order valence-corrected chi connectivity index (χ4v) is 2.20. The summed E-state index contributed by atoms with van der Waals surface area (Å²) in [7, 11) is 0. The Balaban J connectivity index is 2.35. The molecular weight excluding hydrogens is 292 g/mol. The lowest BCUT2D eigenvalue weighted by molar-refractivity contribution is 0.0521. The van der Waals surface area contributed by atoms with Gasteiger partial charge in [-0.2, -0.15) is 0 Å². The molecule has 0 aliphatic rings. The zero-order chi connectivity index (χ0) is 16.7. The molecule has 0 amide bonds. The second-order valence-electron chi connectivity index (χ2n) is 4.95. The van der Waals surface area contributed by atoms with Crippen LogP contribution in [0.5, 0.6) is 5.75 Å². The summed E-state index contributed by atoms with van der Waals surface area (Å²) < 4.78 is 10.9. The Labute approximate surface area is 136 Å². The van der Waals surface area contributed by atoms with Crippen molar-refractivity contribution in [2.24, 2.45) is 0 Å². The average Bonchev–Trinajstić information content (AvgIpc) is 2.60. The monoisotopic (exact) mass is 312 g/mol. The molecule has 0 fully saturated rings. The number of rotatable bonds is 7. The van der Waals surface area contributed by atoms with Gasteiger partial charge in [-0.25, -0.2) is 4.79 Å². The molecule has 2 aromatic carbocycles. The fraction of sp³-hybridized carbons (Fsp3) is 0.263. The van der Waals surface area contributed by atoms with Crippen molar-refractivity contribution >= 4 is 11.8 Å². The van der Waals surface area contributed by atoms with Crippen LogP contribution in [0.25, 0.3) is 0 Å². The Kier molecular flexibility index (Phi) is 5.92. The molecule has 0 aliphatic carbocycles. The van der Waals surface area contributed by atoms with Gasteiger partial charge in [0.25, 0.3) is 0 Å². The van der Waals surface area contributed by atoms with Gasteiger partial charge in [0, 0.05) is 6.42 Å². The van der Waals surface area contributed by atoms with Gasteiger partial charge in [-0.05, 0) is 24.6 Å². The highest BCUT2D eigenvalue weighted by atomic mass is 16.5. The molecule has 0 atom stereocenters. The molecule has 0 saturated heterocycles. The first-order valence-corrected chi connectivity index (χ1v) is 7.67. The summed E-state index contributed by atoms with van der Waals surface area (Å²) in [5.41, 5.74) is 1.65. The predicted octanol–water partition coefficient (Wildman–Crippen LogP) is 4.04. The third-order valence-corrected chi connectivity index (χ3v) is 3.36. The molecule has 2 aromatic rings. The lowest BCUT2D eigenvalue weighted by Crippen LogP contribution is -2.11. The van der Waals surface area contributed by atoms with Gasteiger partial charge in [-0.3, -0.25) is 4.79 Å². The number of benzene rings is 2. The molecule has 0 N–H and O–H groups in total. The van der Waals surface area contributed by atoms with Gasteiger partial charge in [0.2, 0.25) is 0 Å². The Bertz CT molecular complexity index is 677. The van der Waals surface area contributed by atoms with E-state index in [1.807, 2.05) is 30.3 Å². The summed E-state index contributed by atoms with van der Waals surface area (Å²) in [6.07, 6.45) is 0.341. The first kappa shape index (κ1) is 16.7. The maximum absolute atomic E-state index is 12.1. The lowest BCUT2D eigenvalue weighted by atomic mass is 10.0. The smallest absolute Gasteiger partial charge is 0.341 e. The van der Waals surface area contributed by atoms with E-state index in [1.165, 1.54) is 0 Å². The first-order valence-electron chi connectivity index (χ1n) is 7.67. The van der Waals surface area contributed by atoms with Crippen molar-refractivity contribution in [2.45, 2.75) is 26.9 Å². The van der Waals surface area contributed by atoms with E-state index >= 15 is 0 Å². The number of Topliss-reactive ketones (excluding diaryl/α,β-unsaturated/α-hetero) is 1. The van der Waals surface area contributed by atoms with Crippen LogP contribution in [0.2, 0.25) is 0 Å². The number of esters is 1. The summed E-state index contributed by atoms with van der Waals surface area (Å²) >= 11 is 0. The fourth-order valence-electron chi connectivity index (χ4n) is 2.20. The van der Waals surface area contributed by atoms with E-state index in [9.17, 15) is 9.59 Å². The van der Waals surface area contributed by atoms with Crippen LogP contribution in [-0.4, -0.2) is 18.4 Å². The average molecular weight is 312 g/mol. The van der Waals surface area contributed by atoms with Crippen LogP contribution < -0.4 is 4.74 Å². The summed E-state index contributed by atoms with van der Waals surface area (Å²) in [5, 5.41) is 0. The summed E-state index contributed by atoms with van der Waals surface area (Å²) in [6.45, 7) is 4.06. The van der Waals surface area contributed by atoms with Gasteiger partial charge in [-0.1, -0.05) is 43.3 Å². The second kappa shape index (κ2) is 8.13. The van der Waals surface area contributed by atoms with Gasteiger partial charge in [0.15, 0.2) is 5.78 Å². The minimum atomic E-state index is -0.485. The molecule has 4 heteroatoms. The zero-order valence-corrected chi connectivity index (χ0v) is 13.4. The molecule has 0 heterocycles. The van der Waals surface area contributed by atoms with E-state index in [2.05, 4.69) is 0 Å². The minimum absolute atomic E-state index is 0.0702. The van der Waals surface area contributed by atoms with Crippen LogP contribution in [0.4, 0.5) is 0 Å². The van der Waals surface area contributed by atoms with Crippen molar-refractivity contribution in [2.75, 3.05) is 6.61 Å². The van der Waals surface area contributed by atoms with Crippen molar-refractivity contribution < 1.29 is 19.1 Å². The molecule has 0 aromatic heterocycles. The molecule has 4 nitrogen and oxygen atoms in total. The molecule has 2 rings (SSSR count). The zero-order valence-electron chi connectivity index (χ0n) is 13.4. The van der Waals surface area contributed by atoms with E-state index in [-0.39, 0.29) is 24.6 Å². The maximum atomic E-state index is 12.1. The Morgan fingerprint density at radius 2 is 1.61 bits per heavy atom. The second-order valence-corrected chi connectivity index (χ2v) is 4.95. The normalized spacial score (nSPS) is 10.2. The minimum Gasteiger partial charge on any atom is -0.487 e. The standard InChI is InChI=1S/C19H20O4/c1-3-17(20)15-11-8-12-16(19(21)22-4-2)18(15)23-13-14-9-6-5-7-10-14/h5-12H,3-4,13H2,1-2H3. The number of para-hydroxylation sites is 1. The molecule has 0 spiro atoms. The summed E-state index contributed by atoms with van der Waals surface area (Å²) in [6, 6.07) is 14.6. The summed E-state index contributed by atoms with van der Waals surface area (Å²) in [5.74, 6) is -0.262. The molecule has 0 unspecified atom stereocenters. The van der Waals surface area contributed by atoms with Gasteiger partial charge < -0.3 is 9.47 Å². The van der Waals surface area contributed by atoms with E-state index < -0.39 is 5.97 Å².